The lowest BCUT2D eigenvalue weighted by atomic mass is 10.1. The Morgan fingerprint density at radius 3 is 2.46 bits per heavy atom. The van der Waals surface area contributed by atoms with Crippen molar-refractivity contribution in [2.75, 3.05) is 6.54 Å². The molecule has 0 aliphatic carbocycles. The number of nitrogens with zero attached hydrogens (tertiary/aromatic N) is 1. The van der Waals surface area contributed by atoms with Crippen molar-refractivity contribution < 1.29 is 24.3 Å². The lowest BCUT2D eigenvalue weighted by Gasteiger charge is -2.26. The van der Waals surface area contributed by atoms with Gasteiger partial charge in [-0.1, -0.05) is 42.1 Å². The molecule has 0 radical (unpaired) electrons. The molecule has 140 valence electrons. The van der Waals surface area contributed by atoms with E-state index in [0.29, 0.717) is 24.9 Å². The molecular weight excluding hydrogens is 356 g/mol. The van der Waals surface area contributed by atoms with E-state index in [1.807, 2.05) is 6.07 Å². The van der Waals surface area contributed by atoms with Crippen LogP contribution in [-0.2, 0) is 19.2 Å². The van der Waals surface area contributed by atoms with Gasteiger partial charge in [0.15, 0.2) is 5.12 Å². The maximum Gasteiger partial charge on any atom is 0.326 e. The van der Waals surface area contributed by atoms with Crippen molar-refractivity contribution in [3.05, 3.63) is 35.9 Å². The summed E-state index contributed by atoms with van der Waals surface area (Å²) >= 11 is 0.882. The third kappa shape index (κ3) is 4.85. The third-order valence-corrected chi connectivity index (χ3v) is 5.23. The third-order valence-electron chi connectivity index (χ3n) is 4.17. The topological polar surface area (TPSA) is 104 Å². The van der Waals surface area contributed by atoms with Gasteiger partial charge in [0, 0.05) is 13.5 Å². The number of rotatable bonds is 6. The molecule has 26 heavy (non-hydrogen) atoms. The fourth-order valence-corrected chi connectivity index (χ4v) is 3.75. The van der Waals surface area contributed by atoms with Gasteiger partial charge in [0.25, 0.3) is 0 Å². The smallest absolute Gasteiger partial charge is 0.326 e. The molecule has 2 amide bonds. The maximum atomic E-state index is 12.7. The highest BCUT2D eigenvalue weighted by atomic mass is 32.2. The van der Waals surface area contributed by atoms with E-state index in [-0.39, 0.29) is 5.12 Å². The summed E-state index contributed by atoms with van der Waals surface area (Å²) in [6.45, 7) is 3.27. The number of amides is 2. The summed E-state index contributed by atoms with van der Waals surface area (Å²) in [5, 5.41) is 10.9. The fourth-order valence-electron chi connectivity index (χ4n) is 2.95. The Labute approximate surface area is 156 Å². The van der Waals surface area contributed by atoms with Crippen molar-refractivity contribution in [1.82, 2.24) is 10.2 Å². The van der Waals surface area contributed by atoms with Crippen molar-refractivity contribution in [3.63, 3.8) is 0 Å². The van der Waals surface area contributed by atoms with E-state index in [0.717, 1.165) is 11.8 Å². The predicted molar refractivity (Wildman–Crippen MR) is 97.4 cm³/mol. The van der Waals surface area contributed by atoms with Gasteiger partial charge in [-0.25, -0.2) is 4.79 Å². The average molecular weight is 378 g/mol. The molecule has 1 aromatic rings. The largest absolute Gasteiger partial charge is 0.480 e. The van der Waals surface area contributed by atoms with Gasteiger partial charge in [0.2, 0.25) is 11.8 Å². The molecule has 8 heteroatoms. The molecule has 2 rings (SSSR count). The Hall–Kier alpha value is -2.35. The number of hydrogen-bond donors (Lipinski definition) is 2. The van der Waals surface area contributed by atoms with Crippen molar-refractivity contribution in [2.45, 2.75) is 44.0 Å². The fraction of sp³-hybridized carbons (Fsp3) is 0.444. The number of aliphatic carboxylic acids is 1. The van der Waals surface area contributed by atoms with E-state index in [1.165, 1.54) is 18.7 Å². The first kappa shape index (κ1) is 20.0. The van der Waals surface area contributed by atoms with Crippen LogP contribution in [0.1, 0.15) is 37.5 Å². The zero-order valence-electron chi connectivity index (χ0n) is 14.7. The van der Waals surface area contributed by atoms with Crippen LogP contribution in [0.15, 0.2) is 30.3 Å². The number of likely N-dealkylation sites (tertiary alicyclic amines) is 1. The molecule has 1 saturated heterocycles. The number of carbonyl (C=O) groups excluding carboxylic acids is 3. The van der Waals surface area contributed by atoms with E-state index < -0.39 is 35.1 Å². The first-order valence-electron chi connectivity index (χ1n) is 8.37. The zero-order valence-corrected chi connectivity index (χ0v) is 15.5. The average Bonchev–Trinajstić information content (AvgIpc) is 3.09. The van der Waals surface area contributed by atoms with Crippen LogP contribution < -0.4 is 5.32 Å². The highest BCUT2D eigenvalue weighted by Crippen LogP contribution is 2.29. The Bertz CT molecular complexity index is 694. The van der Waals surface area contributed by atoms with Gasteiger partial charge in [-0.05, 0) is 25.3 Å². The summed E-state index contributed by atoms with van der Waals surface area (Å²) in [5.74, 6) is -1.92. The van der Waals surface area contributed by atoms with Crippen molar-refractivity contribution in [3.8, 4) is 0 Å². The minimum Gasteiger partial charge on any atom is -0.480 e. The van der Waals surface area contributed by atoms with Gasteiger partial charge in [-0.3, -0.25) is 14.4 Å². The number of hydrogen-bond acceptors (Lipinski definition) is 5. The van der Waals surface area contributed by atoms with E-state index in [2.05, 4.69) is 5.32 Å². The van der Waals surface area contributed by atoms with Crippen LogP contribution in [0.2, 0.25) is 0 Å². The van der Waals surface area contributed by atoms with Crippen molar-refractivity contribution in [2.24, 2.45) is 0 Å². The number of thioether (sulfide) groups is 1. The second kappa shape index (κ2) is 8.84. The minimum absolute atomic E-state index is 0.210. The second-order valence-electron chi connectivity index (χ2n) is 6.16. The molecule has 0 aromatic heterocycles. The molecule has 7 nitrogen and oxygen atoms in total. The number of nitrogens with one attached hydrogen (secondary N) is 1. The number of carboxylic acid groups (broad SMARTS) is 1. The van der Waals surface area contributed by atoms with Gasteiger partial charge in [0.05, 0.1) is 0 Å². The lowest BCUT2D eigenvalue weighted by molar-refractivity contribution is -0.149. The summed E-state index contributed by atoms with van der Waals surface area (Å²) < 4.78 is 0. The SMILES string of the molecule is CC(=O)SC(C(=O)N[C@@H](C)C(=O)N1CCC[C@H]1C(=O)O)c1ccccc1. The normalized spacial score (nSPS) is 18.8. The molecular formula is C18H22N2O5S. The summed E-state index contributed by atoms with van der Waals surface area (Å²) in [6, 6.07) is 7.11. The molecule has 1 aliphatic heterocycles. The highest BCUT2D eigenvalue weighted by molar-refractivity contribution is 8.14. The van der Waals surface area contributed by atoms with Crippen LogP contribution in [-0.4, -0.2) is 51.5 Å². The van der Waals surface area contributed by atoms with Crippen LogP contribution in [0.25, 0.3) is 0 Å². The lowest BCUT2D eigenvalue weighted by Crippen LogP contribution is -2.51. The number of carboxylic acids is 1. The molecule has 1 fully saturated rings. The van der Waals surface area contributed by atoms with Gasteiger partial charge >= 0.3 is 5.97 Å². The Morgan fingerprint density at radius 2 is 1.88 bits per heavy atom. The molecule has 1 unspecified atom stereocenters. The zero-order chi connectivity index (χ0) is 19.3. The molecule has 2 N–H and O–H groups in total. The highest BCUT2D eigenvalue weighted by Gasteiger charge is 2.37. The second-order valence-corrected chi connectivity index (χ2v) is 7.44. The van der Waals surface area contributed by atoms with Crippen LogP contribution in [0.5, 0.6) is 0 Å². The molecule has 0 saturated carbocycles. The molecule has 1 heterocycles. The summed E-state index contributed by atoms with van der Waals surface area (Å²) in [5.41, 5.74) is 0.662. The van der Waals surface area contributed by atoms with E-state index >= 15 is 0 Å². The maximum absolute atomic E-state index is 12.7. The molecule has 3 atom stereocenters. The first-order valence-corrected chi connectivity index (χ1v) is 9.25. The quantitative estimate of drug-likeness (QED) is 0.779. The van der Waals surface area contributed by atoms with Crippen LogP contribution in [0.4, 0.5) is 0 Å². The Kier molecular flexibility index (Phi) is 6.79. The standard InChI is InChI=1S/C18H22N2O5S/c1-11(17(23)20-10-6-9-14(20)18(24)25)19-16(22)15(26-12(2)21)13-7-4-3-5-8-13/h3-5,7-8,11,14-15H,6,9-10H2,1-2H3,(H,19,22)(H,24,25)/t11-,14-,15?/m0/s1. The molecule has 0 bridgehead atoms. The molecule has 0 spiro atoms. The van der Waals surface area contributed by atoms with Gasteiger partial charge < -0.3 is 15.3 Å². The van der Waals surface area contributed by atoms with Gasteiger partial charge in [0.1, 0.15) is 17.3 Å². The van der Waals surface area contributed by atoms with Crippen molar-refractivity contribution in [1.29, 1.82) is 0 Å². The van der Waals surface area contributed by atoms with E-state index in [4.69, 9.17) is 0 Å². The first-order chi connectivity index (χ1) is 12.3. The van der Waals surface area contributed by atoms with Gasteiger partial charge in [-0.2, -0.15) is 0 Å². The minimum atomic E-state index is -1.04. The Morgan fingerprint density at radius 1 is 1.23 bits per heavy atom. The predicted octanol–water partition coefficient (Wildman–Crippen LogP) is 1.59. The summed E-state index contributed by atoms with van der Waals surface area (Å²) in [6.07, 6.45) is 1.03. The van der Waals surface area contributed by atoms with Crippen molar-refractivity contribution >= 4 is 34.7 Å². The van der Waals surface area contributed by atoms with Crippen LogP contribution in [0.3, 0.4) is 0 Å². The molecule has 1 aromatic carbocycles. The van der Waals surface area contributed by atoms with Crippen LogP contribution >= 0.6 is 11.8 Å². The van der Waals surface area contributed by atoms with E-state index in [9.17, 15) is 24.3 Å². The van der Waals surface area contributed by atoms with Crippen LogP contribution in [0, 0.1) is 0 Å². The van der Waals surface area contributed by atoms with Gasteiger partial charge in [-0.15, -0.1) is 0 Å². The summed E-state index contributed by atoms with van der Waals surface area (Å²) in [4.78, 5) is 49.3. The summed E-state index contributed by atoms with van der Waals surface area (Å²) in [7, 11) is 0. The molecule has 1 aliphatic rings. The van der Waals surface area contributed by atoms with E-state index in [1.54, 1.807) is 24.3 Å². The number of benzene rings is 1. The number of carbonyl (C=O) groups is 4. The monoisotopic (exact) mass is 378 g/mol. The Balaban J connectivity index is 2.09.